The van der Waals surface area contributed by atoms with E-state index in [2.05, 4.69) is 10.6 Å². The van der Waals surface area contributed by atoms with Gasteiger partial charge < -0.3 is 10.6 Å². The van der Waals surface area contributed by atoms with E-state index in [-0.39, 0.29) is 12.5 Å². The van der Waals surface area contributed by atoms with Crippen LogP contribution < -0.4 is 10.6 Å². The van der Waals surface area contributed by atoms with Crippen LogP contribution in [-0.2, 0) is 4.79 Å². The zero-order valence-corrected chi connectivity index (χ0v) is 12.3. The maximum atomic E-state index is 11.8. The van der Waals surface area contributed by atoms with Gasteiger partial charge in [-0.2, -0.15) is 0 Å². The van der Waals surface area contributed by atoms with Gasteiger partial charge in [0, 0.05) is 16.4 Å². The Morgan fingerprint density at radius 2 is 1.65 bits per heavy atom. The Bertz CT molecular complexity index is 608. The molecule has 0 saturated heterocycles. The van der Waals surface area contributed by atoms with Crippen molar-refractivity contribution in [2.45, 2.75) is 13.8 Å². The van der Waals surface area contributed by atoms with Crippen LogP contribution in [0, 0.1) is 13.8 Å². The summed E-state index contributed by atoms with van der Waals surface area (Å²) in [4.78, 5) is 11.8. The molecule has 0 aromatic heterocycles. The minimum Gasteiger partial charge on any atom is -0.376 e. The van der Waals surface area contributed by atoms with Crippen LogP contribution in [0.15, 0.2) is 42.5 Å². The van der Waals surface area contributed by atoms with Crippen LogP contribution in [0.25, 0.3) is 0 Å². The smallest absolute Gasteiger partial charge is 0.243 e. The second-order valence-corrected chi connectivity index (χ2v) is 5.14. The molecule has 0 radical (unpaired) electrons. The zero-order valence-electron chi connectivity index (χ0n) is 11.5. The molecule has 2 aromatic rings. The predicted octanol–water partition coefficient (Wildman–Crippen LogP) is 4.01. The van der Waals surface area contributed by atoms with Gasteiger partial charge in [0.25, 0.3) is 0 Å². The van der Waals surface area contributed by atoms with E-state index >= 15 is 0 Å². The third-order valence-electron chi connectivity index (χ3n) is 3.09. The second kappa shape index (κ2) is 6.44. The fraction of sp³-hybridized carbons (Fsp3) is 0.188. The standard InChI is InChI=1S/C16H17ClN2O/c1-11-3-6-15(9-12(11)2)19-16(20)10-18-14-7-4-13(17)5-8-14/h3-9,18H,10H2,1-2H3,(H,19,20). The first kappa shape index (κ1) is 14.4. The van der Waals surface area contributed by atoms with Crippen molar-refractivity contribution in [2.24, 2.45) is 0 Å². The van der Waals surface area contributed by atoms with Crippen LogP contribution in [0.1, 0.15) is 11.1 Å². The first-order valence-electron chi connectivity index (χ1n) is 6.41. The Morgan fingerprint density at radius 3 is 2.30 bits per heavy atom. The Morgan fingerprint density at radius 1 is 1.00 bits per heavy atom. The van der Waals surface area contributed by atoms with Crippen molar-refractivity contribution in [1.82, 2.24) is 0 Å². The lowest BCUT2D eigenvalue weighted by atomic mass is 10.1. The molecule has 2 rings (SSSR count). The topological polar surface area (TPSA) is 41.1 Å². The quantitative estimate of drug-likeness (QED) is 0.892. The molecule has 20 heavy (non-hydrogen) atoms. The van der Waals surface area contributed by atoms with Gasteiger partial charge in [-0.15, -0.1) is 0 Å². The highest BCUT2D eigenvalue weighted by Gasteiger charge is 2.03. The summed E-state index contributed by atoms with van der Waals surface area (Å²) >= 11 is 5.80. The number of halogens is 1. The van der Waals surface area contributed by atoms with E-state index in [1.54, 1.807) is 12.1 Å². The van der Waals surface area contributed by atoms with E-state index in [0.717, 1.165) is 16.9 Å². The van der Waals surface area contributed by atoms with Crippen molar-refractivity contribution in [3.63, 3.8) is 0 Å². The second-order valence-electron chi connectivity index (χ2n) is 4.71. The summed E-state index contributed by atoms with van der Waals surface area (Å²) in [5, 5.41) is 6.59. The van der Waals surface area contributed by atoms with Crippen LogP contribution in [-0.4, -0.2) is 12.5 Å². The summed E-state index contributed by atoms with van der Waals surface area (Å²) in [6.07, 6.45) is 0. The number of hydrogen-bond donors (Lipinski definition) is 2. The van der Waals surface area contributed by atoms with Crippen LogP contribution >= 0.6 is 11.6 Å². The Kier molecular flexibility index (Phi) is 4.64. The number of amides is 1. The molecule has 4 heteroatoms. The SMILES string of the molecule is Cc1ccc(NC(=O)CNc2ccc(Cl)cc2)cc1C. The van der Waals surface area contributed by atoms with Gasteiger partial charge in [-0.3, -0.25) is 4.79 Å². The lowest BCUT2D eigenvalue weighted by molar-refractivity contribution is -0.114. The molecule has 0 unspecified atom stereocenters. The summed E-state index contributed by atoms with van der Waals surface area (Å²) in [6.45, 7) is 4.29. The van der Waals surface area contributed by atoms with E-state index in [4.69, 9.17) is 11.6 Å². The fourth-order valence-corrected chi connectivity index (χ4v) is 1.90. The first-order chi connectivity index (χ1) is 9.54. The molecule has 3 nitrogen and oxygen atoms in total. The third kappa shape index (κ3) is 4.00. The average Bonchev–Trinajstić information content (AvgIpc) is 2.42. The Hall–Kier alpha value is -2.00. The highest BCUT2D eigenvalue weighted by atomic mass is 35.5. The van der Waals surface area contributed by atoms with E-state index in [1.165, 1.54) is 5.56 Å². The Labute approximate surface area is 124 Å². The molecule has 1 amide bonds. The summed E-state index contributed by atoms with van der Waals surface area (Å²) in [6, 6.07) is 13.1. The summed E-state index contributed by atoms with van der Waals surface area (Å²) in [5.74, 6) is -0.0804. The van der Waals surface area contributed by atoms with Crippen molar-refractivity contribution >= 4 is 28.9 Å². The molecule has 0 fully saturated rings. The first-order valence-corrected chi connectivity index (χ1v) is 6.79. The largest absolute Gasteiger partial charge is 0.376 e. The number of aryl methyl sites for hydroxylation is 2. The van der Waals surface area contributed by atoms with Crippen molar-refractivity contribution in [2.75, 3.05) is 17.2 Å². The van der Waals surface area contributed by atoms with Crippen molar-refractivity contribution in [3.8, 4) is 0 Å². The summed E-state index contributed by atoms with van der Waals surface area (Å²) < 4.78 is 0. The molecule has 0 aliphatic rings. The van der Waals surface area contributed by atoms with Crippen LogP contribution in [0.4, 0.5) is 11.4 Å². The maximum Gasteiger partial charge on any atom is 0.243 e. The molecule has 0 aliphatic heterocycles. The highest BCUT2D eigenvalue weighted by molar-refractivity contribution is 6.30. The van der Waals surface area contributed by atoms with E-state index < -0.39 is 0 Å². The number of carbonyl (C=O) groups excluding carboxylic acids is 1. The molecule has 2 N–H and O–H groups in total. The van der Waals surface area contributed by atoms with Crippen LogP contribution in [0.2, 0.25) is 5.02 Å². The molecule has 0 saturated carbocycles. The van der Waals surface area contributed by atoms with E-state index in [0.29, 0.717) is 5.02 Å². The van der Waals surface area contributed by atoms with Gasteiger partial charge in [0.1, 0.15) is 0 Å². The van der Waals surface area contributed by atoms with Crippen LogP contribution in [0.3, 0.4) is 0 Å². The van der Waals surface area contributed by atoms with Crippen molar-refractivity contribution < 1.29 is 4.79 Å². The molecule has 0 spiro atoms. The number of benzene rings is 2. The monoisotopic (exact) mass is 288 g/mol. The van der Waals surface area contributed by atoms with Gasteiger partial charge in [0.05, 0.1) is 6.54 Å². The van der Waals surface area contributed by atoms with Gasteiger partial charge in [-0.25, -0.2) is 0 Å². The minimum absolute atomic E-state index is 0.0804. The van der Waals surface area contributed by atoms with Gasteiger partial charge in [0.15, 0.2) is 0 Å². The van der Waals surface area contributed by atoms with E-state index in [9.17, 15) is 4.79 Å². The summed E-state index contributed by atoms with van der Waals surface area (Å²) in [5.41, 5.74) is 4.05. The minimum atomic E-state index is -0.0804. The molecular weight excluding hydrogens is 272 g/mol. The fourth-order valence-electron chi connectivity index (χ4n) is 1.77. The molecule has 2 aromatic carbocycles. The predicted molar refractivity (Wildman–Crippen MR) is 84.5 cm³/mol. The maximum absolute atomic E-state index is 11.8. The normalized spacial score (nSPS) is 10.2. The van der Waals surface area contributed by atoms with Gasteiger partial charge in [-0.05, 0) is 61.4 Å². The van der Waals surface area contributed by atoms with Gasteiger partial charge in [-0.1, -0.05) is 17.7 Å². The molecule has 0 heterocycles. The van der Waals surface area contributed by atoms with Crippen molar-refractivity contribution in [1.29, 1.82) is 0 Å². The molecule has 0 atom stereocenters. The lowest BCUT2D eigenvalue weighted by Crippen LogP contribution is -2.21. The lowest BCUT2D eigenvalue weighted by Gasteiger charge is -2.09. The molecular formula is C16H17ClN2O. The van der Waals surface area contributed by atoms with Gasteiger partial charge >= 0.3 is 0 Å². The number of rotatable bonds is 4. The van der Waals surface area contributed by atoms with Crippen molar-refractivity contribution in [3.05, 3.63) is 58.6 Å². The molecule has 0 bridgehead atoms. The number of nitrogens with one attached hydrogen (secondary N) is 2. The Balaban J connectivity index is 1.89. The highest BCUT2D eigenvalue weighted by Crippen LogP contribution is 2.15. The zero-order chi connectivity index (χ0) is 14.5. The van der Waals surface area contributed by atoms with E-state index in [1.807, 2.05) is 44.2 Å². The van der Waals surface area contributed by atoms with Crippen LogP contribution in [0.5, 0.6) is 0 Å². The third-order valence-corrected chi connectivity index (χ3v) is 3.34. The number of carbonyl (C=O) groups is 1. The molecule has 104 valence electrons. The summed E-state index contributed by atoms with van der Waals surface area (Å²) in [7, 11) is 0. The average molecular weight is 289 g/mol. The molecule has 0 aliphatic carbocycles. The number of anilines is 2. The van der Waals surface area contributed by atoms with Gasteiger partial charge in [0.2, 0.25) is 5.91 Å². The number of hydrogen-bond acceptors (Lipinski definition) is 2.